The van der Waals surface area contributed by atoms with Crippen molar-refractivity contribution in [3.63, 3.8) is 0 Å². The van der Waals surface area contributed by atoms with Gasteiger partial charge in [0.25, 0.3) is 0 Å². The summed E-state index contributed by atoms with van der Waals surface area (Å²) in [4.78, 5) is 15.5. The molecular weight excluding hydrogens is 204 g/mol. The number of carboxylic acids is 1. The molecule has 0 aromatic rings. The van der Waals surface area contributed by atoms with E-state index in [1.807, 2.05) is 0 Å². The minimum atomic E-state index is -0.648. The van der Waals surface area contributed by atoms with E-state index in [2.05, 4.69) is 16.7 Å². The van der Waals surface area contributed by atoms with E-state index < -0.39 is 5.97 Å². The minimum Gasteiger partial charge on any atom is -0.481 e. The van der Waals surface area contributed by atoms with Gasteiger partial charge in [0, 0.05) is 19.1 Å². The van der Waals surface area contributed by atoms with Crippen LogP contribution >= 0.6 is 0 Å². The average molecular weight is 226 g/mol. The molecule has 0 unspecified atom stereocenters. The van der Waals surface area contributed by atoms with Crippen LogP contribution in [0.15, 0.2) is 0 Å². The molecule has 2 rings (SSSR count). The van der Waals surface area contributed by atoms with Crippen LogP contribution in [-0.4, -0.2) is 59.6 Å². The Bertz CT molecular complexity index is 243. The van der Waals surface area contributed by atoms with Crippen molar-refractivity contribution in [3.8, 4) is 0 Å². The van der Waals surface area contributed by atoms with Gasteiger partial charge >= 0.3 is 5.97 Å². The van der Waals surface area contributed by atoms with Crippen molar-refractivity contribution in [2.24, 2.45) is 5.92 Å². The summed E-state index contributed by atoms with van der Waals surface area (Å²) in [7, 11) is 0. The molecule has 1 N–H and O–H groups in total. The molecule has 0 spiro atoms. The van der Waals surface area contributed by atoms with Crippen molar-refractivity contribution < 1.29 is 9.90 Å². The molecule has 0 aromatic heterocycles. The van der Waals surface area contributed by atoms with Gasteiger partial charge in [-0.3, -0.25) is 9.69 Å². The summed E-state index contributed by atoms with van der Waals surface area (Å²) >= 11 is 0. The molecule has 4 nitrogen and oxygen atoms in total. The van der Waals surface area contributed by atoms with Gasteiger partial charge in [0.1, 0.15) is 0 Å². The largest absolute Gasteiger partial charge is 0.481 e. The minimum absolute atomic E-state index is 0.351. The number of carboxylic acid groups (broad SMARTS) is 1. The Balaban J connectivity index is 1.67. The second-order valence-corrected chi connectivity index (χ2v) is 5.08. The Hall–Kier alpha value is -0.610. The van der Waals surface area contributed by atoms with Gasteiger partial charge in [-0.25, -0.2) is 0 Å². The van der Waals surface area contributed by atoms with Crippen LogP contribution in [0, 0.1) is 5.92 Å². The highest BCUT2D eigenvalue weighted by Gasteiger charge is 2.34. The van der Waals surface area contributed by atoms with Gasteiger partial charge in [-0.2, -0.15) is 0 Å². The van der Waals surface area contributed by atoms with Crippen molar-refractivity contribution >= 4 is 5.97 Å². The number of carbonyl (C=O) groups is 1. The lowest BCUT2D eigenvalue weighted by atomic mass is 9.91. The Labute approximate surface area is 97.2 Å². The van der Waals surface area contributed by atoms with Crippen molar-refractivity contribution in [1.29, 1.82) is 0 Å². The van der Waals surface area contributed by atoms with E-state index in [4.69, 9.17) is 5.11 Å². The molecule has 0 amide bonds. The molecule has 0 atom stereocenters. The van der Waals surface area contributed by atoms with E-state index in [0.29, 0.717) is 18.4 Å². The molecule has 2 aliphatic heterocycles. The quantitative estimate of drug-likeness (QED) is 0.773. The van der Waals surface area contributed by atoms with Crippen LogP contribution < -0.4 is 0 Å². The van der Waals surface area contributed by atoms with Gasteiger partial charge in [0.2, 0.25) is 0 Å². The summed E-state index contributed by atoms with van der Waals surface area (Å²) in [5.41, 5.74) is 0. The summed E-state index contributed by atoms with van der Waals surface area (Å²) in [5.74, 6) is -0.243. The van der Waals surface area contributed by atoms with Crippen LogP contribution in [0.4, 0.5) is 0 Å². The standard InChI is InChI=1S/C12H22N2O2/c1-2-13-5-3-11(4-6-13)14-8-10(9-14)7-12(15)16/h10-11H,2-9H2,1H3,(H,15,16). The van der Waals surface area contributed by atoms with E-state index in [0.717, 1.165) is 19.6 Å². The van der Waals surface area contributed by atoms with Crippen LogP contribution in [0.5, 0.6) is 0 Å². The molecule has 2 aliphatic rings. The third-order valence-electron chi connectivity index (χ3n) is 3.97. The third kappa shape index (κ3) is 2.74. The number of likely N-dealkylation sites (tertiary alicyclic amines) is 2. The van der Waals surface area contributed by atoms with Crippen molar-refractivity contribution in [2.75, 3.05) is 32.7 Å². The summed E-state index contributed by atoms with van der Waals surface area (Å²) in [5, 5.41) is 8.69. The molecule has 4 heteroatoms. The van der Waals surface area contributed by atoms with Crippen molar-refractivity contribution in [2.45, 2.75) is 32.2 Å². The maximum atomic E-state index is 10.5. The first-order valence-corrected chi connectivity index (χ1v) is 6.37. The Morgan fingerprint density at radius 1 is 1.31 bits per heavy atom. The second-order valence-electron chi connectivity index (χ2n) is 5.08. The number of nitrogens with zero attached hydrogens (tertiary/aromatic N) is 2. The van der Waals surface area contributed by atoms with E-state index >= 15 is 0 Å². The van der Waals surface area contributed by atoms with Crippen LogP contribution in [0.2, 0.25) is 0 Å². The topological polar surface area (TPSA) is 43.8 Å². The molecule has 92 valence electrons. The van der Waals surface area contributed by atoms with Gasteiger partial charge in [0.05, 0.1) is 6.42 Å². The zero-order valence-corrected chi connectivity index (χ0v) is 10.1. The SMILES string of the molecule is CCN1CCC(N2CC(CC(=O)O)C2)CC1. The maximum absolute atomic E-state index is 10.5. The third-order valence-corrected chi connectivity index (χ3v) is 3.97. The average Bonchev–Trinajstić information content (AvgIpc) is 2.23. The van der Waals surface area contributed by atoms with E-state index in [9.17, 15) is 4.79 Å². The Morgan fingerprint density at radius 3 is 2.44 bits per heavy atom. The smallest absolute Gasteiger partial charge is 0.303 e. The highest BCUT2D eigenvalue weighted by molar-refractivity contribution is 5.67. The lowest BCUT2D eigenvalue weighted by Gasteiger charge is -2.46. The first kappa shape index (κ1) is 11.9. The first-order chi connectivity index (χ1) is 7.69. The number of hydrogen-bond acceptors (Lipinski definition) is 3. The molecule has 0 radical (unpaired) electrons. The summed E-state index contributed by atoms with van der Waals surface area (Å²) in [6, 6.07) is 0.716. The van der Waals surface area contributed by atoms with E-state index in [1.165, 1.54) is 25.9 Å². The fourth-order valence-electron chi connectivity index (χ4n) is 2.88. The molecule has 0 aromatic carbocycles. The molecule has 0 saturated carbocycles. The molecular formula is C12H22N2O2. The van der Waals surface area contributed by atoms with Gasteiger partial charge in [0.15, 0.2) is 0 Å². The van der Waals surface area contributed by atoms with Crippen molar-refractivity contribution in [1.82, 2.24) is 9.80 Å². The summed E-state index contributed by atoms with van der Waals surface area (Å²) < 4.78 is 0. The maximum Gasteiger partial charge on any atom is 0.303 e. The molecule has 0 aliphatic carbocycles. The predicted octanol–water partition coefficient (Wildman–Crippen LogP) is 0.877. The highest BCUT2D eigenvalue weighted by Crippen LogP contribution is 2.26. The Kier molecular flexibility index (Phi) is 3.82. The Morgan fingerprint density at radius 2 is 1.94 bits per heavy atom. The lowest BCUT2D eigenvalue weighted by Crippen LogP contribution is -2.55. The molecule has 2 fully saturated rings. The first-order valence-electron chi connectivity index (χ1n) is 6.37. The highest BCUT2D eigenvalue weighted by atomic mass is 16.4. The number of hydrogen-bond donors (Lipinski definition) is 1. The summed E-state index contributed by atoms with van der Waals surface area (Å²) in [6.07, 6.45) is 2.87. The fraction of sp³-hybridized carbons (Fsp3) is 0.917. The predicted molar refractivity (Wildman–Crippen MR) is 62.5 cm³/mol. The number of piperidine rings is 1. The van der Waals surface area contributed by atoms with Crippen LogP contribution in [0.3, 0.4) is 0 Å². The van der Waals surface area contributed by atoms with E-state index in [-0.39, 0.29) is 0 Å². The normalized spacial score (nSPS) is 25.6. The van der Waals surface area contributed by atoms with Gasteiger partial charge < -0.3 is 10.0 Å². The second kappa shape index (κ2) is 5.15. The van der Waals surface area contributed by atoms with Gasteiger partial charge in [-0.05, 0) is 38.4 Å². The van der Waals surface area contributed by atoms with Crippen LogP contribution in [-0.2, 0) is 4.79 Å². The fourth-order valence-corrected chi connectivity index (χ4v) is 2.88. The van der Waals surface area contributed by atoms with Crippen LogP contribution in [0.1, 0.15) is 26.2 Å². The monoisotopic (exact) mass is 226 g/mol. The lowest BCUT2D eigenvalue weighted by molar-refractivity contribution is -0.140. The van der Waals surface area contributed by atoms with Crippen LogP contribution in [0.25, 0.3) is 0 Å². The van der Waals surface area contributed by atoms with Crippen molar-refractivity contribution in [3.05, 3.63) is 0 Å². The number of aliphatic carboxylic acids is 1. The number of rotatable bonds is 4. The van der Waals surface area contributed by atoms with Gasteiger partial charge in [-0.1, -0.05) is 6.92 Å². The molecule has 16 heavy (non-hydrogen) atoms. The molecule has 2 saturated heterocycles. The van der Waals surface area contributed by atoms with Gasteiger partial charge in [-0.15, -0.1) is 0 Å². The van der Waals surface area contributed by atoms with E-state index in [1.54, 1.807) is 0 Å². The molecule has 0 bridgehead atoms. The molecule has 2 heterocycles. The summed E-state index contributed by atoms with van der Waals surface area (Å²) in [6.45, 7) is 7.80. The zero-order valence-electron chi connectivity index (χ0n) is 10.1. The zero-order chi connectivity index (χ0) is 11.5.